The number of thioether (sulfide) groups is 1. The smallest absolute Gasteiger partial charge is 0.293 e. The van der Waals surface area contributed by atoms with E-state index in [0.717, 1.165) is 41.2 Å². The quantitative estimate of drug-likeness (QED) is 0.291. The maximum Gasteiger partial charge on any atom is 0.293 e. The molecule has 34 heavy (non-hydrogen) atoms. The lowest BCUT2D eigenvalue weighted by Crippen LogP contribution is -2.30. The van der Waals surface area contributed by atoms with E-state index in [1.807, 2.05) is 54.6 Å². The molecule has 2 heterocycles. The van der Waals surface area contributed by atoms with Crippen molar-refractivity contribution in [2.24, 2.45) is 0 Å². The van der Waals surface area contributed by atoms with Gasteiger partial charge in [0.1, 0.15) is 0 Å². The van der Waals surface area contributed by atoms with E-state index in [-0.39, 0.29) is 11.1 Å². The molecule has 4 nitrogen and oxygen atoms in total. The van der Waals surface area contributed by atoms with Crippen LogP contribution in [0.25, 0.3) is 17.0 Å². The summed E-state index contributed by atoms with van der Waals surface area (Å²) >= 11 is 1.03. The van der Waals surface area contributed by atoms with Crippen LogP contribution >= 0.6 is 11.8 Å². The first-order chi connectivity index (χ1) is 16.6. The first-order valence-corrected chi connectivity index (χ1v) is 12.4. The first kappa shape index (κ1) is 22.2. The van der Waals surface area contributed by atoms with Crippen molar-refractivity contribution in [2.45, 2.75) is 26.3 Å². The minimum atomic E-state index is -0.207. The lowest BCUT2D eigenvalue weighted by Gasteiger charge is -2.12. The van der Waals surface area contributed by atoms with E-state index in [2.05, 4.69) is 48.0 Å². The van der Waals surface area contributed by atoms with Crippen molar-refractivity contribution >= 4 is 39.9 Å². The van der Waals surface area contributed by atoms with Gasteiger partial charge in [0.25, 0.3) is 11.1 Å². The van der Waals surface area contributed by atoms with Crippen LogP contribution in [0.1, 0.15) is 29.2 Å². The van der Waals surface area contributed by atoms with Crippen LogP contribution in [0.3, 0.4) is 0 Å². The van der Waals surface area contributed by atoms with E-state index < -0.39 is 0 Å². The van der Waals surface area contributed by atoms with Crippen LogP contribution in [0.15, 0.2) is 90.0 Å². The van der Waals surface area contributed by atoms with Gasteiger partial charge in [-0.1, -0.05) is 85.8 Å². The van der Waals surface area contributed by atoms with Gasteiger partial charge in [-0.05, 0) is 47.4 Å². The summed E-state index contributed by atoms with van der Waals surface area (Å²) < 4.78 is 2.26. The Kier molecular flexibility index (Phi) is 6.37. The van der Waals surface area contributed by atoms with Crippen molar-refractivity contribution in [3.63, 3.8) is 0 Å². The van der Waals surface area contributed by atoms with Crippen LogP contribution in [0.5, 0.6) is 0 Å². The van der Waals surface area contributed by atoms with Crippen LogP contribution in [0, 0.1) is 0 Å². The third-order valence-corrected chi connectivity index (χ3v) is 7.12. The minimum absolute atomic E-state index is 0.200. The van der Waals surface area contributed by atoms with Gasteiger partial charge in [-0.25, -0.2) is 0 Å². The summed E-state index contributed by atoms with van der Waals surface area (Å²) in [5, 5.41) is 0.904. The van der Waals surface area contributed by atoms with Gasteiger partial charge in [0.15, 0.2) is 0 Å². The maximum absolute atomic E-state index is 13.1. The summed E-state index contributed by atoms with van der Waals surface area (Å²) in [6, 6.07) is 26.6. The fraction of sp³-hybridized carbons (Fsp3) is 0.172. The lowest BCUT2D eigenvalue weighted by atomic mass is 10.1. The predicted molar refractivity (Wildman–Crippen MR) is 140 cm³/mol. The highest BCUT2D eigenvalue weighted by Crippen LogP contribution is 2.35. The Morgan fingerprint density at radius 2 is 1.56 bits per heavy atom. The topological polar surface area (TPSA) is 42.3 Å². The average Bonchev–Trinajstić information content (AvgIpc) is 3.35. The number of nitrogens with zero attached hydrogens (tertiary/aromatic N) is 2. The predicted octanol–water partition coefficient (Wildman–Crippen LogP) is 6.53. The number of benzene rings is 3. The summed E-state index contributed by atoms with van der Waals surface area (Å²) in [5.74, 6) is -0.207. The zero-order valence-electron chi connectivity index (χ0n) is 19.1. The van der Waals surface area contributed by atoms with Gasteiger partial charge < -0.3 is 4.57 Å². The molecule has 0 atom stereocenters. The van der Waals surface area contributed by atoms with Crippen molar-refractivity contribution in [3.8, 4) is 0 Å². The van der Waals surface area contributed by atoms with Crippen LogP contribution < -0.4 is 0 Å². The first-order valence-electron chi connectivity index (χ1n) is 11.6. The number of aromatic nitrogens is 1. The van der Waals surface area contributed by atoms with E-state index >= 15 is 0 Å². The van der Waals surface area contributed by atoms with Crippen molar-refractivity contribution in [3.05, 3.63) is 112 Å². The molecule has 170 valence electrons. The minimum Gasteiger partial charge on any atom is -0.342 e. The van der Waals surface area contributed by atoms with Gasteiger partial charge in [-0.15, -0.1) is 0 Å². The Hall–Kier alpha value is -3.57. The molecule has 1 saturated heterocycles. The highest BCUT2D eigenvalue weighted by atomic mass is 32.2. The van der Waals surface area contributed by atoms with E-state index in [1.54, 1.807) is 0 Å². The highest BCUT2D eigenvalue weighted by Gasteiger charge is 2.34. The molecule has 2 amide bonds. The Balaban J connectivity index is 1.46. The molecular formula is C29H26N2O2S. The number of aryl methyl sites for hydroxylation is 1. The summed E-state index contributed by atoms with van der Waals surface area (Å²) in [6.07, 6.45) is 5.57. The Morgan fingerprint density at radius 1 is 0.853 bits per heavy atom. The van der Waals surface area contributed by atoms with Gasteiger partial charge in [0.2, 0.25) is 0 Å². The van der Waals surface area contributed by atoms with Gasteiger partial charge in [0.05, 0.1) is 10.4 Å². The van der Waals surface area contributed by atoms with E-state index in [9.17, 15) is 9.59 Å². The highest BCUT2D eigenvalue weighted by molar-refractivity contribution is 8.18. The normalized spacial score (nSPS) is 15.1. The number of amides is 2. The van der Waals surface area contributed by atoms with Gasteiger partial charge in [-0.3, -0.25) is 14.5 Å². The molecule has 3 aromatic carbocycles. The Bertz CT molecular complexity index is 1370. The number of carbonyl (C=O) groups excluding carboxylic acids is 2. The monoisotopic (exact) mass is 466 g/mol. The van der Waals surface area contributed by atoms with E-state index in [0.29, 0.717) is 17.9 Å². The molecule has 0 aliphatic carbocycles. The SMILES string of the molecule is CCc1cccc2c(/C=C3\SC(=O)N(CCc4ccccc4)C3=O)cn(Cc3ccccc3)c12. The number of carbonyl (C=O) groups is 2. The Morgan fingerprint density at radius 3 is 2.26 bits per heavy atom. The molecule has 1 aliphatic rings. The molecule has 1 fully saturated rings. The van der Waals surface area contributed by atoms with Crippen LogP contribution in [0.2, 0.25) is 0 Å². The number of hydrogen-bond donors (Lipinski definition) is 0. The summed E-state index contributed by atoms with van der Waals surface area (Å²) in [5.41, 5.74) is 5.75. The maximum atomic E-state index is 13.1. The number of hydrogen-bond acceptors (Lipinski definition) is 3. The number of rotatable bonds is 7. The zero-order chi connectivity index (χ0) is 23.5. The molecule has 5 rings (SSSR count). The van der Waals surface area contributed by atoms with E-state index in [4.69, 9.17) is 0 Å². The van der Waals surface area contributed by atoms with Crippen LogP contribution in [-0.4, -0.2) is 27.2 Å². The van der Waals surface area contributed by atoms with Crippen molar-refractivity contribution in [2.75, 3.05) is 6.54 Å². The van der Waals surface area contributed by atoms with Crippen molar-refractivity contribution in [1.29, 1.82) is 0 Å². The molecule has 0 saturated carbocycles. The molecule has 5 heteroatoms. The molecule has 0 radical (unpaired) electrons. The van der Waals surface area contributed by atoms with Gasteiger partial charge in [-0.2, -0.15) is 0 Å². The molecule has 1 aliphatic heterocycles. The largest absolute Gasteiger partial charge is 0.342 e. The summed E-state index contributed by atoms with van der Waals surface area (Å²) in [6.45, 7) is 3.30. The van der Waals surface area contributed by atoms with Gasteiger partial charge in [0, 0.05) is 30.2 Å². The average molecular weight is 467 g/mol. The second-order valence-corrected chi connectivity index (χ2v) is 9.43. The van der Waals surface area contributed by atoms with Crippen LogP contribution in [-0.2, 0) is 24.2 Å². The number of para-hydroxylation sites is 1. The molecule has 4 aromatic rings. The van der Waals surface area contributed by atoms with Crippen molar-refractivity contribution < 1.29 is 9.59 Å². The lowest BCUT2D eigenvalue weighted by molar-refractivity contribution is -0.122. The second kappa shape index (κ2) is 9.74. The molecular weight excluding hydrogens is 440 g/mol. The second-order valence-electron chi connectivity index (χ2n) is 8.43. The molecule has 0 spiro atoms. The number of imide groups is 1. The Labute approximate surface area is 203 Å². The fourth-order valence-electron chi connectivity index (χ4n) is 4.49. The molecule has 0 N–H and O–H groups in total. The third-order valence-electron chi connectivity index (χ3n) is 6.22. The third kappa shape index (κ3) is 4.44. The molecule has 1 aromatic heterocycles. The number of fused-ring (bicyclic) bond motifs is 1. The van der Waals surface area contributed by atoms with Crippen LogP contribution in [0.4, 0.5) is 4.79 Å². The zero-order valence-corrected chi connectivity index (χ0v) is 19.9. The van der Waals surface area contributed by atoms with E-state index in [1.165, 1.54) is 21.5 Å². The van der Waals surface area contributed by atoms with Crippen molar-refractivity contribution in [1.82, 2.24) is 9.47 Å². The fourth-order valence-corrected chi connectivity index (χ4v) is 5.35. The standard InChI is InChI=1S/C29H26N2O2S/c1-2-23-14-9-15-25-24(20-30(27(23)25)19-22-12-7-4-8-13-22)18-26-28(32)31(29(33)34-26)17-16-21-10-5-3-6-11-21/h3-15,18,20H,2,16-17,19H2,1H3/b26-18-. The molecule has 0 bridgehead atoms. The van der Waals surface area contributed by atoms with Gasteiger partial charge >= 0.3 is 0 Å². The summed E-state index contributed by atoms with van der Waals surface area (Å²) in [7, 11) is 0. The molecule has 0 unspecified atom stereocenters. The summed E-state index contributed by atoms with van der Waals surface area (Å²) in [4.78, 5) is 27.6.